The molecular formula is C12H19N5OS. The normalized spacial score (nSPS) is 15.4. The molecule has 1 aromatic rings. The minimum Gasteiger partial charge on any atom is -0.364 e. The van der Waals surface area contributed by atoms with Crippen LogP contribution in [0.5, 0.6) is 0 Å². The third-order valence-corrected chi connectivity index (χ3v) is 3.48. The zero-order valence-corrected chi connectivity index (χ0v) is 11.8. The van der Waals surface area contributed by atoms with E-state index in [1.165, 1.54) is 12.8 Å². The van der Waals surface area contributed by atoms with Gasteiger partial charge in [0.1, 0.15) is 0 Å². The van der Waals surface area contributed by atoms with E-state index in [1.54, 1.807) is 10.9 Å². The fourth-order valence-corrected chi connectivity index (χ4v) is 2.55. The van der Waals surface area contributed by atoms with Crippen LogP contribution in [-0.4, -0.2) is 26.8 Å². The van der Waals surface area contributed by atoms with Gasteiger partial charge in [0.05, 0.1) is 5.69 Å². The molecule has 104 valence electrons. The number of anilines is 1. The predicted octanol–water partition coefficient (Wildman–Crippen LogP) is 1.23. The lowest BCUT2D eigenvalue weighted by Crippen LogP contribution is -2.36. The lowest BCUT2D eigenvalue weighted by atomic mass is 10.2. The lowest BCUT2D eigenvalue weighted by Gasteiger charge is -2.15. The van der Waals surface area contributed by atoms with Crippen molar-refractivity contribution in [3.63, 3.8) is 0 Å². The molecule has 0 radical (unpaired) electrons. The van der Waals surface area contributed by atoms with E-state index < -0.39 is 5.91 Å². The van der Waals surface area contributed by atoms with Crippen LogP contribution in [0.4, 0.5) is 5.69 Å². The molecule has 19 heavy (non-hydrogen) atoms. The molecule has 1 amide bonds. The van der Waals surface area contributed by atoms with Crippen molar-refractivity contribution in [1.29, 1.82) is 0 Å². The van der Waals surface area contributed by atoms with E-state index in [2.05, 4.69) is 15.7 Å². The molecule has 1 aromatic heterocycles. The van der Waals surface area contributed by atoms with E-state index in [0.717, 1.165) is 12.8 Å². The monoisotopic (exact) mass is 281 g/mol. The number of hydrogen-bond acceptors (Lipinski definition) is 3. The highest BCUT2D eigenvalue weighted by Gasteiger charge is 2.18. The van der Waals surface area contributed by atoms with Crippen LogP contribution in [0.15, 0.2) is 6.20 Å². The number of amides is 1. The van der Waals surface area contributed by atoms with Gasteiger partial charge in [-0.25, -0.2) is 0 Å². The van der Waals surface area contributed by atoms with Crippen LogP contribution < -0.4 is 16.4 Å². The van der Waals surface area contributed by atoms with Gasteiger partial charge in [0.15, 0.2) is 10.8 Å². The van der Waals surface area contributed by atoms with Gasteiger partial charge in [0, 0.05) is 18.8 Å². The van der Waals surface area contributed by atoms with Crippen molar-refractivity contribution < 1.29 is 4.79 Å². The van der Waals surface area contributed by atoms with Crippen molar-refractivity contribution in [1.82, 2.24) is 15.1 Å². The fourth-order valence-electron chi connectivity index (χ4n) is 2.27. The molecule has 1 aliphatic rings. The molecule has 1 heterocycles. The Kier molecular flexibility index (Phi) is 4.36. The third-order valence-electron chi connectivity index (χ3n) is 3.26. The number of rotatable bonds is 4. The summed E-state index contributed by atoms with van der Waals surface area (Å²) in [6.07, 6.45) is 6.49. The Balaban J connectivity index is 2.02. The first kappa shape index (κ1) is 13.8. The molecule has 0 saturated heterocycles. The van der Waals surface area contributed by atoms with Crippen molar-refractivity contribution in [2.75, 3.05) is 5.32 Å². The van der Waals surface area contributed by atoms with Gasteiger partial charge in [-0.05, 0) is 32.0 Å². The van der Waals surface area contributed by atoms with Crippen LogP contribution in [0.3, 0.4) is 0 Å². The van der Waals surface area contributed by atoms with E-state index in [1.807, 2.05) is 6.92 Å². The summed E-state index contributed by atoms with van der Waals surface area (Å²) in [7, 11) is 0. The number of hydrogen-bond donors (Lipinski definition) is 3. The quantitative estimate of drug-likeness (QED) is 0.723. The molecule has 1 fully saturated rings. The average molecular weight is 281 g/mol. The molecule has 0 spiro atoms. The number of nitrogens with one attached hydrogen (secondary N) is 2. The largest absolute Gasteiger partial charge is 0.364 e. The highest BCUT2D eigenvalue weighted by molar-refractivity contribution is 7.80. The van der Waals surface area contributed by atoms with E-state index in [-0.39, 0.29) is 5.69 Å². The Bertz CT molecular complexity index is 478. The number of aryl methyl sites for hydroxylation is 1. The Morgan fingerprint density at radius 2 is 2.26 bits per heavy atom. The maximum atomic E-state index is 11.3. The van der Waals surface area contributed by atoms with Crippen molar-refractivity contribution in [3.05, 3.63) is 11.9 Å². The molecule has 0 aliphatic heterocycles. The summed E-state index contributed by atoms with van der Waals surface area (Å²) < 4.78 is 1.65. The Morgan fingerprint density at radius 1 is 1.58 bits per heavy atom. The van der Waals surface area contributed by atoms with Crippen LogP contribution in [0.2, 0.25) is 0 Å². The first-order valence-electron chi connectivity index (χ1n) is 6.55. The molecular weight excluding hydrogens is 262 g/mol. The molecule has 0 atom stereocenters. The molecule has 0 aromatic carbocycles. The molecule has 0 unspecified atom stereocenters. The maximum absolute atomic E-state index is 11.3. The van der Waals surface area contributed by atoms with Crippen molar-refractivity contribution in [3.8, 4) is 0 Å². The van der Waals surface area contributed by atoms with Crippen molar-refractivity contribution in [2.24, 2.45) is 5.73 Å². The summed E-state index contributed by atoms with van der Waals surface area (Å²) in [6.45, 7) is 2.61. The highest BCUT2D eigenvalue weighted by atomic mass is 32.1. The molecule has 1 aliphatic carbocycles. The van der Waals surface area contributed by atoms with Crippen molar-refractivity contribution in [2.45, 2.75) is 45.2 Å². The van der Waals surface area contributed by atoms with Gasteiger partial charge in [-0.15, -0.1) is 0 Å². The highest BCUT2D eigenvalue weighted by Crippen LogP contribution is 2.18. The molecule has 4 N–H and O–H groups in total. The second kappa shape index (κ2) is 6.01. The van der Waals surface area contributed by atoms with E-state index >= 15 is 0 Å². The lowest BCUT2D eigenvalue weighted by molar-refractivity contribution is 0.0995. The van der Waals surface area contributed by atoms with Gasteiger partial charge in [-0.2, -0.15) is 5.10 Å². The van der Waals surface area contributed by atoms with Gasteiger partial charge in [-0.1, -0.05) is 12.8 Å². The SMILES string of the molecule is CCn1cc(NC(=S)NC2CCCC2)c(C(N)=O)n1. The summed E-state index contributed by atoms with van der Waals surface area (Å²) in [5.74, 6) is -0.557. The zero-order chi connectivity index (χ0) is 13.8. The number of nitrogens with two attached hydrogens (primary N) is 1. The average Bonchev–Trinajstić information content (AvgIpc) is 2.98. The number of carbonyl (C=O) groups is 1. The van der Waals surface area contributed by atoms with Crippen LogP contribution in [0.25, 0.3) is 0 Å². The first-order chi connectivity index (χ1) is 9.10. The molecule has 7 heteroatoms. The summed E-state index contributed by atoms with van der Waals surface area (Å²) >= 11 is 5.25. The van der Waals surface area contributed by atoms with Gasteiger partial charge < -0.3 is 16.4 Å². The van der Waals surface area contributed by atoms with Gasteiger partial charge >= 0.3 is 0 Å². The Hall–Kier alpha value is -1.63. The minimum absolute atomic E-state index is 0.220. The topological polar surface area (TPSA) is 85.0 Å². The van der Waals surface area contributed by atoms with Crippen molar-refractivity contribution >= 4 is 28.9 Å². The van der Waals surface area contributed by atoms with E-state index in [9.17, 15) is 4.79 Å². The summed E-state index contributed by atoms with van der Waals surface area (Å²) in [5.41, 5.74) is 6.08. The molecule has 1 saturated carbocycles. The van der Waals surface area contributed by atoms with Crippen LogP contribution in [-0.2, 0) is 6.54 Å². The smallest absolute Gasteiger partial charge is 0.271 e. The Morgan fingerprint density at radius 3 is 2.84 bits per heavy atom. The summed E-state index contributed by atoms with van der Waals surface area (Å²) in [6, 6.07) is 0.429. The van der Waals surface area contributed by atoms with Crippen LogP contribution in [0.1, 0.15) is 43.1 Å². The fraction of sp³-hybridized carbons (Fsp3) is 0.583. The molecule has 0 bridgehead atoms. The number of nitrogens with zero attached hydrogens (tertiary/aromatic N) is 2. The zero-order valence-electron chi connectivity index (χ0n) is 11.0. The summed E-state index contributed by atoms with van der Waals surface area (Å²) in [4.78, 5) is 11.3. The second-order valence-corrected chi connectivity index (χ2v) is 5.10. The first-order valence-corrected chi connectivity index (χ1v) is 6.95. The number of thiocarbonyl (C=S) groups is 1. The number of carbonyl (C=O) groups excluding carboxylic acids is 1. The maximum Gasteiger partial charge on any atom is 0.271 e. The predicted molar refractivity (Wildman–Crippen MR) is 78.0 cm³/mol. The molecule has 2 rings (SSSR count). The second-order valence-electron chi connectivity index (χ2n) is 4.69. The van der Waals surface area contributed by atoms with E-state index in [4.69, 9.17) is 18.0 Å². The molecule has 6 nitrogen and oxygen atoms in total. The van der Waals surface area contributed by atoms with Crippen LogP contribution in [0, 0.1) is 0 Å². The van der Waals surface area contributed by atoms with Gasteiger partial charge in [0.25, 0.3) is 5.91 Å². The Labute approximate surface area is 117 Å². The standard InChI is InChI=1S/C12H19N5OS/c1-2-17-7-9(10(16-17)11(13)18)15-12(19)14-8-5-3-4-6-8/h7-8H,2-6H2,1H3,(H2,13,18)(H2,14,15,19). The summed E-state index contributed by atoms with van der Waals surface area (Å²) in [5, 5.41) is 10.9. The van der Waals surface area contributed by atoms with Gasteiger partial charge in [-0.3, -0.25) is 9.48 Å². The third kappa shape index (κ3) is 3.44. The van der Waals surface area contributed by atoms with E-state index in [0.29, 0.717) is 23.4 Å². The van der Waals surface area contributed by atoms with Gasteiger partial charge in [0.2, 0.25) is 0 Å². The minimum atomic E-state index is -0.557. The number of primary amides is 1. The number of aromatic nitrogens is 2. The van der Waals surface area contributed by atoms with Crippen LogP contribution >= 0.6 is 12.2 Å².